The standard InChI is InChI=1S/C17H15N5O4/c18-17(19)21-20-14(10-4-3-5-11(8-10)22(24)25)9-15-12-6-1-2-7-13(12)16(23)26-15/h1-8,15H,9H2,(H4,18,19,21)/b20-14-. The molecule has 2 aromatic carbocycles. The minimum absolute atomic E-state index is 0.0938. The molecule has 9 heteroatoms. The summed E-state index contributed by atoms with van der Waals surface area (Å²) in [4.78, 5) is 22.5. The molecule has 1 atom stereocenters. The topological polar surface area (TPSA) is 146 Å². The molecule has 9 nitrogen and oxygen atoms in total. The number of non-ortho nitro benzene ring substituents is 1. The van der Waals surface area contributed by atoms with E-state index in [1.807, 2.05) is 0 Å². The van der Waals surface area contributed by atoms with Crippen LogP contribution in [0.25, 0.3) is 0 Å². The number of carbonyl (C=O) groups excluding carboxylic acids is 1. The Hall–Kier alpha value is -3.75. The van der Waals surface area contributed by atoms with Gasteiger partial charge in [0.25, 0.3) is 5.69 Å². The second-order valence-corrected chi connectivity index (χ2v) is 5.56. The van der Waals surface area contributed by atoms with Gasteiger partial charge in [0, 0.05) is 29.7 Å². The van der Waals surface area contributed by atoms with Gasteiger partial charge in [0.2, 0.25) is 5.96 Å². The molecule has 0 amide bonds. The van der Waals surface area contributed by atoms with Gasteiger partial charge in [-0.3, -0.25) is 10.1 Å². The molecule has 0 saturated heterocycles. The second-order valence-electron chi connectivity index (χ2n) is 5.56. The number of cyclic esters (lactones) is 1. The van der Waals surface area contributed by atoms with Gasteiger partial charge in [0.1, 0.15) is 6.10 Å². The van der Waals surface area contributed by atoms with Crippen molar-refractivity contribution in [3.63, 3.8) is 0 Å². The zero-order valence-electron chi connectivity index (χ0n) is 13.5. The summed E-state index contributed by atoms with van der Waals surface area (Å²) in [6.07, 6.45) is -0.410. The third kappa shape index (κ3) is 3.51. The Kier molecular flexibility index (Phi) is 4.61. The summed E-state index contributed by atoms with van der Waals surface area (Å²) in [7, 11) is 0. The van der Waals surface area contributed by atoms with E-state index in [1.165, 1.54) is 18.2 Å². The number of esters is 1. The molecule has 2 aromatic rings. The number of hydrogen-bond donors (Lipinski definition) is 2. The van der Waals surface area contributed by atoms with Gasteiger partial charge in [0.05, 0.1) is 16.2 Å². The monoisotopic (exact) mass is 353 g/mol. The number of nitro groups is 1. The number of fused-ring (bicyclic) bond motifs is 1. The van der Waals surface area contributed by atoms with E-state index in [1.54, 1.807) is 30.3 Å². The number of ether oxygens (including phenoxy) is 1. The van der Waals surface area contributed by atoms with Crippen LogP contribution in [0.15, 0.2) is 58.7 Å². The number of benzene rings is 2. The first-order valence-electron chi connectivity index (χ1n) is 7.66. The zero-order chi connectivity index (χ0) is 18.7. The highest BCUT2D eigenvalue weighted by Crippen LogP contribution is 2.34. The first-order valence-corrected chi connectivity index (χ1v) is 7.66. The minimum Gasteiger partial charge on any atom is -0.453 e. The fraction of sp³-hybridized carbons (Fsp3) is 0.118. The molecule has 0 fully saturated rings. The van der Waals surface area contributed by atoms with E-state index in [0.29, 0.717) is 16.8 Å². The Morgan fingerprint density at radius 1 is 1.15 bits per heavy atom. The quantitative estimate of drug-likeness (QED) is 0.276. The maximum Gasteiger partial charge on any atom is 0.339 e. The molecule has 1 aliphatic heterocycles. The van der Waals surface area contributed by atoms with Crippen molar-refractivity contribution in [2.75, 3.05) is 0 Å². The maximum atomic E-state index is 12.0. The van der Waals surface area contributed by atoms with Gasteiger partial charge in [-0.25, -0.2) is 4.79 Å². The van der Waals surface area contributed by atoms with E-state index >= 15 is 0 Å². The van der Waals surface area contributed by atoms with Crippen LogP contribution in [0.2, 0.25) is 0 Å². The number of rotatable bonds is 5. The number of nitrogens with zero attached hydrogens (tertiary/aromatic N) is 3. The zero-order valence-corrected chi connectivity index (χ0v) is 13.5. The number of carbonyl (C=O) groups is 1. The SMILES string of the molecule is NC(N)=N/N=C(/CC1OC(=O)c2ccccc21)c1cccc([N+](=O)[O-])c1. The molecule has 4 N–H and O–H groups in total. The molecule has 0 radical (unpaired) electrons. The maximum absolute atomic E-state index is 12.0. The number of hydrogen-bond acceptors (Lipinski definition) is 6. The van der Waals surface area contributed by atoms with Crippen molar-refractivity contribution in [1.29, 1.82) is 0 Å². The van der Waals surface area contributed by atoms with Gasteiger partial charge in [-0.2, -0.15) is 5.10 Å². The molecule has 1 unspecified atom stereocenters. The van der Waals surface area contributed by atoms with Gasteiger partial charge in [-0.1, -0.05) is 30.3 Å². The molecule has 0 saturated carbocycles. The Morgan fingerprint density at radius 3 is 2.65 bits per heavy atom. The van der Waals surface area contributed by atoms with Gasteiger partial charge in [-0.05, 0) is 6.07 Å². The molecule has 3 rings (SSSR count). The molecule has 0 aromatic heterocycles. The second kappa shape index (κ2) is 7.01. The van der Waals surface area contributed by atoms with Crippen LogP contribution >= 0.6 is 0 Å². The fourth-order valence-corrected chi connectivity index (χ4v) is 2.68. The van der Waals surface area contributed by atoms with E-state index < -0.39 is 17.0 Å². The van der Waals surface area contributed by atoms with Crippen LogP contribution in [0, 0.1) is 10.1 Å². The molecular formula is C17H15N5O4. The summed E-state index contributed by atoms with van der Waals surface area (Å²) in [6.45, 7) is 0. The first-order chi connectivity index (χ1) is 12.5. The predicted octanol–water partition coefficient (Wildman–Crippen LogP) is 1.87. The normalized spacial score (nSPS) is 15.9. The van der Waals surface area contributed by atoms with Crippen molar-refractivity contribution in [1.82, 2.24) is 0 Å². The largest absolute Gasteiger partial charge is 0.453 e. The summed E-state index contributed by atoms with van der Waals surface area (Å²) >= 11 is 0. The van der Waals surface area contributed by atoms with Gasteiger partial charge < -0.3 is 16.2 Å². The number of guanidine groups is 1. The van der Waals surface area contributed by atoms with Crippen LogP contribution in [0.1, 0.15) is 34.0 Å². The highest BCUT2D eigenvalue weighted by molar-refractivity contribution is 6.03. The van der Waals surface area contributed by atoms with Crippen LogP contribution in [0.3, 0.4) is 0 Å². The average molecular weight is 353 g/mol. The summed E-state index contributed by atoms with van der Waals surface area (Å²) in [5.74, 6) is -0.678. The first kappa shape index (κ1) is 17.1. The molecule has 0 spiro atoms. The molecule has 0 bridgehead atoms. The van der Waals surface area contributed by atoms with E-state index in [4.69, 9.17) is 16.2 Å². The lowest BCUT2D eigenvalue weighted by atomic mass is 9.98. The smallest absolute Gasteiger partial charge is 0.339 e. The van der Waals surface area contributed by atoms with Crippen molar-refractivity contribution >= 4 is 23.3 Å². The third-order valence-corrected chi connectivity index (χ3v) is 3.83. The summed E-state index contributed by atoms with van der Waals surface area (Å²) < 4.78 is 5.40. The molecule has 132 valence electrons. The van der Waals surface area contributed by atoms with Gasteiger partial charge in [-0.15, -0.1) is 5.10 Å². The highest BCUT2D eigenvalue weighted by atomic mass is 16.6. The van der Waals surface area contributed by atoms with E-state index in [2.05, 4.69) is 10.2 Å². The van der Waals surface area contributed by atoms with Crippen molar-refractivity contribution in [3.8, 4) is 0 Å². The molecule has 0 aliphatic carbocycles. The molecule has 1 heterocycles. The minimum atomic E-state index is -0.578. The Balaban J connectivity index is 1.98. The van der Waals surface area contributed by atoms with Crippen molar-refractivity contribution in [2.24, 2.45) is 21.7 Å². The predicted molar refractivity (Wildman–Crippen MR) is 94.7 cm³/mol. The average Bonchev–Trinajstić information content (AvgIpc) is 2.94. The van der Waals surface area contributed by atoms with Crippen LogP contribution in [0.5, 0.6) is 0 Å². The lowest BCUT2D eigenvalue weighted by Gasteiger charge is -2.12. The van der Waals surface area contributed by atoms with Crippen molar-refractivity contribution in [2.45, 2.75) is 12.5 Å². The van der Waals surface area contributed by atoms with Gasteiger partial charge in [0.15, 0.2) is 0 Å². The van der Waals surface area contributed by atoms with Crippen molar-refractivity contribution in [3.05, 3.63) is 75.3 Å². The van der Waals surface area contributed by atoms with E-state index in [0.717, 1.165) is 5.56 Å². The fourth-order valence-electron chi connectivity index (χ4n) is 2.68. The Labute approximate surface area is 148 Å². The number of nitrogens with two attached hydrogens (primary N) is 2. The van der Waals surface area contributed by atoms with Crippen LogP contribution in [-0.2, 0) is 4.74 Å². The van der Waals surface area contributed by atoms with Crippen LogP contribution < -0.4 is 11.5 Å². The summed E-state index contributed by atoms with van der Waals surface area (Å²) in [6, 6.07) is 12.9. The lowest BCUT2D eigenvalue weighted by Crippen LogP contribution is -2.22. The third-order valence-electron chi connectivity index (χ3n) is 3.83. The van der Waals surface area contributed by atoms with Gasteiger partial charge >= 0.3 is 5.97 Å². The van der Waals surface area contributed by atoms with E-state index in [9.17, 15) is 14.9 Å². The van der Waals surface area contributed by atoms with E-state index in [-0.39, 0.29) is 18.1 Å². The Morgan fingerprint density at radius 2 is 1.92 bits per heavy atom. The highest BCUT2D eigenvalue weighted by Gasteiger charge is 2.32. The molecular weight excluding hydrogens is 338 g/mol. The summed E-state index contributed by atoms with van der Waals surface area (Å²) in [5.41, 5.74) is 12.6. The number of nitro benzene ring substituents is 1. The Bertz CT molecular complexity index is 934. The lowest BCUT2D eigenvalue weighted by molar-refractivity contribution is -0.384. The van der Waals surface area contributed by atoms with Crippen LogP contribution in [-0.4, -0.2) is 22.6 Å². The van der Waals surface area contributed by atoms with Crippen LogP contribution in [0.4, 0.5) is 5.69 Å². The summed E-state index contributed by atoms with van der Waals surface area (Å²) in [5, 5.41) is 18.7. The molecule has 1 aliphatic rings. The van der Waals surface area contributed by atoms with Crippen molar-refractivity contribution < 1.29 is 14.5 Å². The molecule has 26 heavy (non-hydrogen) atoms.